The molecule has 0 atom stereocenters. The van der Waals surface area contributed by atoms with Crippen LogP contribution in [0.15, 0.2) is 41.8 Å². The molecule has 1 N–H and O–H groups in total. The number of aryl methyl sites for hydroxylation is 1. The number of nitrogens with zero attached hydrogens (tertiary/aromatic N) is 2. The van der Waals surface area contributed by atoms with Crippen molar-refractivity contribution in [1.82, 2.24) is 14.1 Å². The number of hydrogen-bond donors (Lipinski definition) is 1. The number of aromatic nitrogens is 2. The highest BCUT2D eigenvalue weighted by Crippen LogP contribution is 2.16. The minimum Gasteiger partial charge on any atom is -0.487 e. The van der Waals surface area contributed by atoms with Crippen LogP contribution in [-0.2, 0) is 13.0 Å². The number of rotatable bonds is 7. The third-order valence-electron chi connectivity index (χ3n) is 3.46. The van der Waals surface area contributed by atoms with E-state index < -0.39 is 0 Å². The van der Waals surface area contributed by atoms with Gasteiger partial charge in [-0.3, -0.25) is 4.79 Å². The highest BCUT2D eigenvalue weighted by molar-refractivity contribution is 7.09. The molecule has 0 aliphatic carbocycles. The van der Waals surface area contributed by atoms with Gasteiger partial charge in [-0.1, -0.05) is 12.1 Å². The smallest absolute Gasteiger partial charge is 0.251 e. The zero-order valence-electron chi connectivity index (χ0n) is 13.2. The van der Waals surface area contributed by atoms with Crippen LogP contribution in [-0.4, -0.2) is 21.2 Å². The highest BCUT2D eigenvalue weighted by Gasteiger charge is 2.08. The van der Waals surface area contributed by atoms with Crippen LogP contribution in [0.3, 0.4) is 0 Å². The van der Waals surface area contributed by atoms with E-state index in [1.165, 1.54) is 16.6 Å². The van der Waals surface area contributed by atoms with Crippen LogP contribution in [0.5, 0.6) is 5.75 Å². The first-order valence-corrected chi connectivity index (χ1v) is 9.15. The molecule has 5 nitrogen and oxygen atoms in total. The Labute approximate surface area is 148 Å². The predicted octanol–water partition coefficient (Wildman–Crippen LogP) is 3.46. The molecule has 7 heteroatoms. The molecule has 0 saturated heterocycles. The molecule has 0 spiro atoms. The van der Waals surface area contributed by atoms with E-state index in [2.05, 4.69) is 20.1 Å². The highest BCUT2D eigenvalue weighted by atomic mass is 32.1. The molecular weight excluding hydrogens is 342 g/mol. The summed E-state index contributed by atoms with van der Waals surface area (Å²) in [7, 11) is 0. The quantitative estimate of drug-likeness (QED) is 0.702. The molecule has 1 amide bonds. The molecule has 3 rings (SSSR count). The van der Waals surface area contributed by atoms with Crippen molar-refractivity contribution in [3.63, 3.8) is 0 Å². The number of amides is 1. The fourth-order valence-electron chi connectivity index (χ4n) is 2.12. The van der Waals surface area contributed by atoms with Gasteiger partial charge in [0.2, 0.25) is 0 Å². The molecule has 0 saturated carbocycles. The molecule has 0 fully saturated rings. The number of carbonyl (C=O) groups excluding carboxylic acids is 1. The molecular formula is C17H17N3O2S2. The fraction of sp³-hybridized carbons (Fsp3) is 0.235. The summed E-state index contributed by atoms with van der Waals surface area (Å²) in [5.41, 5.74) is 2.29. The van der Waals surface area contributed by atoms with Gasteiger partial charge in [-0.25, -0.2) is 0 Å². The third kappa shape index (κ3) is 4.39. The third-order valence-corrected chi connectivity index (χ3v) is 5.05. The Morgan fingerprint density at radius 1 is 1.25 bits per heavy atom. The molecule has 3 aromatic rings. The van der Waals surface area contributed by atoms with Crippen molar-refractivity contribution < 1.29 is 9.53 Å². The lowest BCUT2D eigenvalue weighted by Gasteiger charge is -2.08. The van der Waals surface area contributed by atoms with E-state index >= 15 is 0 Å². The van der Waals surface area contributed by atoms with Gasteiger partial charge in [0.05, 0.1) is 17.4 Å². The number of ether oxygens (including phenoxy) is 1. The average Bonchev–Trinajstić information content (AvgIpc) is 3.25. The van der Waals surface area contributed by atoms with Gasteiger partial charge in [0.15, 0.2) is 0 Å². The second kappa shape index (κ2) is 8.03. The van der Waals surface area contributed by atoms with Gasteiger partial charge in [-0.05, 0) is 43.0 Å². The Morgan fingerprint density at radius 3 is 2.92 bits per heavy atom. The van der Waals surface area contributed by atoms with Gasteiger partial charge >= 0.3 is 0 Å². The van der Waals surface area contributed by atoms with Crippen molar-refractivity contribution >= 4 is 29.0 Å². The van der Waals surface area contributed by atoms with Crippen LogP contribution >= 0.6 is 23.1 Å². The van der Waals surface area contributed by atoms with Gasteiger partial charge in [0.25, 0.3) is 5.91 Å². The summed E-state index contributed by atoms with van der Waals surface area (Å²) in [6.07, 6.45) is 0.843. The lowest BCUT2D eigenvalue weighted by atomic mass is 10.2. The summed E-state index contributed by atoms with van der Waals surface area (Å²) >= 11 is 2.87. The number of benzene rings is 1. The van der Waals surface area contributed by atoms with Crippen molar-refractivity contribution in [3.8, 4) is 5.75 Å². The Morgan fingerprint density at radius 2 is 2.17 bits per heavy atom. The van der Waals surface area contributed by atoms with Crippen molar-refractivity contribution in [2.24, 2.45) is 0 Å². The molecule has 1 aromatic carbocycles. The van der Waals surface area contributed by atoms with Crippen molar-refractivity contribution in [2.45, 2.75) is 20.0 Å². The first-order chi connectivity index (χ1) is 11.7. The van der Waals surface area contributed by atoms with Gasteiger partial charge < -0.3 is 10.1 Å². The maximum Gasteiger partial charge on any atom is 0.251 e. The van der Waals surface area contributed by atoms with Gasteiger partial charge in [-0.15, -0.1) is 11.3 Å². The summed E-state index contributed by atoms with van der Waals surface area (Å²) in [5.74, 6) is 0.553. The second-order valence-corrected chi connectivity index (χ2v) is 6.76. The average molecular weight is 359 g/mol. The summed E-state index contributed by atoms with van der Waals surface area (Å²) in [4.78, 5) is 13.5. The first kappa shape index (κ1) is 16.6. The Kier molecular flexibility index (Phi) is 5.55. The van der Waals surface area contributed by atoms with Crippen LogP contribution in [0.2, 0.25) is 0 Å². The fourth-order valence-corrected chi connectivity index (χ4v) is 3.38. The van der Waals surface area contributed by atoms with E-state index in [4.69, 9.17) is 4.74 Å². The van der Waals surface area contributed by atoms with Crippen LogP contribution in [0.1, 0.15) is 26.6 Å². The topological polar surface area (TPSA) is 64.1 Å². The lowest BCUT2D eigenvalue weighted by Crippen LogP contribution is -2.25. The summed E-state index contributed by atoms with van der Waals surface area (Å²) in [6, 6.07) is 11.3. The van der Waals surface area contributed by atoms with E-state index in [0.29, 0.717) is 24.5 Å². The van der Waals surface area contributed by atoms with Crippen LogP contribution < -0.4 is 10.1 Å². The largest absolute Gasteiger partial charge is 0.487 e. The molecule has 0 unspecified atom stereocenters. The van der Waals surface area contributed by atoms with Gasteiger partial charge in [-0.2, -0.15) is 8.75 Å². The lowest BCUT2D eigenvalue weighted by molar-refractivity contribution is 0.0953. The summed E-state index contributed by atoms with van der Waals surface area (Å²) in [5, 5.41) is 4.97. The zero-order chi connectivity index (χ0) is 16.8. The van der Waals surface area contributed by atoms with Crippen molar-refractivity contribution in [3.05, 3.63) is 63.6 Å². The molecule has 0 aliphatic rings. The van der Waals surface area contributed by atoms with E-state index in [0.717, 1.165) is 17.8 Å². The normalized spacial score (nSPS) is 10.5. The second-order valence-electron chi connectivity index (χ2n) is 5.20. The van der Waals surface area contributed by atoms with E-state index in [9.17, 15) is 4.79 Å². The summed E-state index contributed by atoms with van der Waals surface area (Å²) in [6.45, 7) is 2.87. The van der Waals surface area contributed by atoms with Gasteiger partial charge in [0.1, 0.15) is 18.1 Å². The molecule has 24 heavy (non-hydrogen) atoms. The predicted molar refractivity (Wildman–Crippen MR) is 95.8 cm³/mol. The maximum atomic E-state index is 12.2. The minimum atomic E-state index is -0.0940. The van der Waals surface area contributed by atoms with E-state index in [1.54, 1.807) is 23.5 Å². The summed E-state index contributed by atoms with van der Waals surface area (Å²) < 4.78 is 14.0. The number of thiophene rings is 1. The van der Waals surface area contributed by atoms with E-state index in [-0.39, 0.29) is 5.91 Å². The molecule has 0 aliphatic heterocycles. The van der Waals surface area contributed by atoms with Crippen molar-refractivity contribution in [1.29, 1.82) is 0 Å². The van der Waals surface area contributed by atoms with Crippen LogP contribution in [0.25, 0.3) is 0 Å². The van der Waals surface area contributed by atoms with Crippen LogP contribution in [0.4, 0.5) is 0 Å². The molecule has 0 radical (unpaired) electrons. The Hall–Kier alpha value is -2.25. The molecule has 0 bridgehead atoms. The van der Waals surface area contributed by atoms with Gasteiger partial charge in [0, 0.05) is 17.0 Å². The standard InChI is InChI=1S/C17H17N3O2S2/c1-12-16(20-24-19-12)11-22-14-5-2-4-13(10-14)17(21)18-8-7-15-6-3-9-23-15/h2-6,9-10H,7-8,11H2,1H3,(H,18,21). The maximum absolute atomic E-state index is 12.2. The molecule has 2 heterocycles. The monoisotopic (exact) mass is 359 g/mol. The van der Waals surface area contributed by atoms with Crippen molar-refractivity contribution in [2.75, 3.05) is 6.54 Å². The SMILES string of the molecule is Cc1nsnc1COc1cccc(C(=O)NCCc2cccs2)c1. The Bertz CT molecular complexity index is 800. The number of nitrogens with one attached hydrogen (secondary N) is 1. The zero-order valence-corrected chi connectivity index (χ0v) is 14.8. The first-order valence-electron chi connectivity index (χ1n) is 7.54. The molecule has 124 valence electrons. The molecule has 2 aromatic heterocycles. The minimum absolute atomic E-state index is 0.0940. The van der Waals surface area contributed by atoms with Crippen LogP contribution in [0, 0.1) is 6.92 Å². The Balaban J connectivity index is 1.53. The van der Waals surface area contributed by atoms with E-state index in [1.807, 2.05) is 30.5 Å². The number of hydrogen-bond acceptors (Lipinski definition) is 6. The number of carbonyl (C=O) groups is 1.